The van der Waals surface area contributed by atoms with Crippen molar-refractivity contribution >= 4 is 15.7 Å². The van der Waals surface area contributed by atoms with E-state index in [1.54, 1.807) is 0 Å². The van der Waals surface area contributed by atoms with E-state index in [9.17, 15) is 12.8 Å². The average molecular weight is 233 g/mol. The lowest BCUT2D eigenvalue weighted by Crippen LogP contribution is -2.36. The topological polar surface area (TPSA) is 75.4 Å². The Kier molecular flexibility index (Phi) is 3.28. The molecule has 0 atom stereocenters. The second-order valence-corrected chi connectivity index (χ2v) is 4.83. The summed E-state index contributed by atoms with van der Waals surface area (Å²) in [6.07, 6.45) is 0. The minimum Gasteiger partial charge on any atom is -0.396 e. The zero-order valence-corrected chi connectivity index (χ0v) is 9.18. The van der Waals surface area contributed by atoms with Crippen LogP contribution in [-0.4, -0.2) is 27.5 Å². The van der Waals surface area contributed by atoms with Gasteiger partial charge in [0.1, 0.15) is 5.82 Å². The lowest BCUT2D eigenvalue weighted by atomic mass is 10.3. The summed E-state index contributed by atoms with van der Waals surface area (Å²) in [6, 6.07) is 3.32. The molecule has 0 spiro atoms. The lowest BCUT2D eigenvalue weighted by Gasteiger charge is -2.12. The summed E-state index contributed by atoms with van der Waals surface area (Å²) in [4.78, 5) is 2.02. The van der Waals surface area contributed by atoms with E-state index in [0.29, 0.717) is 0 Å². The maximum atomic E-state index is 13.0. The molecule has 0 saturated heterocycles. The Labute approximate surface area is 87.7 Å². The molecule has 0 heterocycles. The van der Waals surface area contributed by atoms with Crippen LogP contribution in [0.25, 0.3) is 0 Å². The van der Waals surface area contributed by atoms with Crippen LogP contribution in [0, 0.1) is 5.82 Å². The van der Waals surface area contributed by atoms with Gasteiger partial charge in [-0.15, -0.1) is 4.83 Å². The number of hydrogen-bond acceptors (Lipinski definition) is 4. The molecule has 0 bridgehead atoms. The number of halogens is 1. The van der Waals surface area contributed by atoms with Crippen molar-refractivity contribution in [2.24, 2.45) is 0 Å². The van der Waals surface area contributed by atoms with Gasteiger partial charge in [-0.25, -0.2) is 17.8 Å². The molecule has 7 heteroatoms. The third kappa shape index (κ3) is 2.88. The SMILES string of the molecule is CN(C)NS(=O)(=O)c1ccc(N)c(F)c1. The Bertz CT molecular complexity index is 459. The van der Waals surface area contributed by atoms with Crippen molar-refractivity contribution in [1.29, 1.82) is 0 Å². The van der Waals surface area contributed by atoms with Gasteiger partial charge < -0.3 is 5.73 Å². The van der Waals surface area contributed by atoms with E-state index in [1.165, 1.54) is 31.2 Å². The molecule has 0 aliphatic carbocycles. The first-order valence-corrected chi connectivity index (χ1v) is 5.56. The van der Waals surface area contributed by atoms with Crippen LogP contribution in [0.15, 0.2) is 23.1 Å². The van der Waals surface area contributed by atoms with Crippen LogP contribution in [0.3, 0.4) is 0 Å². The number of benzene rings is 1. The number of nitrogens with two attached hydrogens (primary N) is 1. The van der Waals surface area contributed by atoms with Gasteiger partial charge in [-0.05, 0) is 18.2 Å². The molecule has 15 heavy (non-hydrogen) atoms. The molecule has 1 aromatic carbocycles. The number of nitrogens with one attached hydrogen (secondary N) is 1. The normalized spacial score (nSPS) is 12.0. The van der Waals surface area contributed by atoms with Crippen LogP contribution in [0.4, 0.5) is 10.1 Å². The van der Waals surface area contributed by atoms with Crippen molar-refractivity contribution in [3.8, 4) is 0 Å². The first-order valence-electron chi connectivity index (χ1n) is 4.08. The van der Waals surface area contributed by atoms with Gasteiger partial charge in [0, 0.05) is 14.1 Å². The molecular weight excluding hydrogens is 221 g/mol. The highest BCUT2D eigenvalue weighted by atomic mass is 32.2. The first-order chi connectivity index (χ1) is 6.83. The highest BCUT2D eigenvalue weighted by molar-refractivity contribution is 7.89. The molecule has 0 unspecified atom stereocenters. The summed E-state index contributed by atoms with van der Waals surface area (Å²) >= 11 is 0. The summed E-state index contributed by atoms with van der Waals surface area (Å²) in [7, 11) is -0.680. The largest absolute Gasteiger partial charge is 0.396 e. The van der Waals surface area contributed by atoms with Gasteiger partial charge in [0.25, 0.3) is 10.0 Å². The van der Waals surface area contributed by atoms with Gasteiger partial charge in [0.15, 0.2) is 0 Å². The Morgan fingerprint density at radius 3 is 2.47 bits per heavy atom. The molecule has 0 aliphatic heterocycles. The van der Waals surface area contributed by atoms with Crippen LogP contribution < -0.4 is 10.6 Å². The van der Waals surface area contributed by atoms with Crippen molar-refractivity contribution in [2.75, 3.05) is 19.8 Å². The Morgan fingerprint density at radius 2 is 2.00 bits per heavy atom. The van der Waals surface area contributed by atoms with Crippen LogP contribution in [-0.2, 0) is 10.0 Å². The van der Waals surface area contributed by atoms with E-state index in [1.807, 2.05) is 0 Å². The average Bonchev–Trinajstić information content (AvgIpc) is 2.07. The predicted molar refractivity (Wildman–Crippen MR) is 54.8 cm³/mol. The molecule has 0 aliphatic rings. The van der Waals surface area contributed by atoms with Crippen LogP contribution in [0.2, 0.25) is 0 Å². The Balaban J connectivity index is 3.11. The second kappa shape index (κ2) is 4.13. The van der Waals surface area contributed by atoms with Gasteiger partial charge >= 0.3 is 0 Å². The minimum atomic E-state index is -3.72. The van der Waals surface area contributed by atoms with E-state index in [0.717, 1.165) is 6.07 Å². The van der Waals surface area contributed by atoms with E-state index in [2.05, 4.69) is 4.83 Å². The van der Waals surface area contributed by atoms with Crippen LogP contribution in [0.1, 0.15) is 0 Å². The van der Waals surface area contributed by atoms with E-state index < -0.39 is 15.8 Å². The van der Waals surface area contributed by atoms with E-state index in [4.69, 9.17) is 5.73 Å². The smallest absolute Gasteiger partial charge is 0.253 e. The number of rotatable bonds is 3. The Morgan fingerprint density at radius 1 is 1.40 bits per heavy atom. The lowest BCUT2D eigenvalue weighted by molar-refractivity contribution is 0.364. The standard InChI is InChI=1S/C8H12FN3O2S/c1-12(2)11-15(13,14)6-3-4-8(10)7(9)5-6/h3-5,11H,10H2,1-2H3. The fourth-order valence-electron chi connectivity index (χ4n) is 0.968. The summed E-state index contributed by atoms with van der Waals surface area (Å²) in [6.45, 7) is 0. The predicted octanol–water partition coefficient (Wildman–Crippen LogP) is 0.163. The summed E-state index contributed by atoms with van der Waals surface area (Å²) in [5.41, 5.74) is 5.15. The van der Waals surface area contributed by atoms with Crippen LogP contribution in [0.5, 0.6) is 0 Å². The molecule has 84 valence electrons. The van der Waals surface area contributed by atoms with Crippen molar-refractivity contribution in [1.82, 2.24) is 9.84 Å². The van der Waals surface area contributed by atoms with Crippen molar-refractivity contribution in [3.05, 3.63) is 24.0 Å². The monoisotopic (exact) mass is 233 g/mol. The highest BCUT2D eigenvalue weighted by Gasteiger charge is 2.16. The molecule has 1 aromatic rings. The first kappa shape index (κ1) is 11.9. The number of anilines is 1. The van der Waals surface area contributed by atoms with Gasteiger partial charge in [-0.1, -0.05) is 0 Å². The molecular formula is C8H12FN3O2S. The maximum Gasteiger partial charge on any atom is 0.253 e. The molecule has 0 radical (unpaired) electrons. The third-order valence-electron chi connectivity index (χ3n) is 1.58. The van der Waals surface area contributed by atoms with Gasteiger partial charge in [0.05, 0.1) is 10.6 Å². The molecule has 1 rings (SSSR count). The van der Waals surface area contributed by atoms with Gasteiger partial charge in [-0.3, -0.25) is 0 Å². The zero-order chi connectivity index (χ0) is 11.6. The molecule has 0 aromatic heterocycles. The molecule has 0 amide bonds. The number of nitrogens with zero attached hydrogens (tertiary/aromatic N) is 1. The maximum absolute atomic E-state index is 13.0. The van der Waals surface area contributed by atoms with Crippen molar-refractivity contribution in [2.45, 2.75) is 4.90 Å². The van der Waals surface area contributed by atoms with E-state index >= 15 is 0 Å². The zero-order valence-electron chi connectivity index (χ0n) is 8.36. The third-order valence-corrected chi connectivity index (χ3v) is 3.07. The summed E-state index contributed by atoms with van der Waals surface area (Å²) < 4.78 is 36.1. The van der Waals surface area contributed by atoms with Gasteiger partial charge in [-0.2, -0.15) is 0 Å². The Hall–Kier alpha value is -1.18. The fraction of sp³-hybridized carbons (Fsp3) is 0.250. The molecule has 3 N–H and O–H groups in total. The van der Waals surface area contributed by atoms with Crippen molar-refractivity contribution < 1.29 is 12.8 Å². The van der Waals surface area contributed by atoms with Gasteiger partial charge in [0.2, 0.25) is 0 Å². The molecule has 5 nitrogen and oxygen atoms in total. The summed E-state index contributed by atoms with van der Waals surface area (Å²) in [5.74, 6) is -0.753. The van der Waals surface area contributed by atoms with Crippen molar-refractivity contribution in [3.63, 3.8) is 0 Å². The second-order valence-electron chi connectivity index (χ2n) is 3.17. The fourth-order valence-corrected chi connectivity index (χ4v) is 2.06. The highest BCUT2D eigenvalue weighted by Crippen LogP contribution is 2.15. The number of hydrazine groups is 1. The molecule has 0 saturated carbocycles. The quantitative estimate of drug-likeness (QED) is 0.576. The number of nitrogen functional groups attached to an aromatic ring is 1. The molecule has 0 fully saturated rings. The minimum absolute atomic E-state index is 0.0844. The number of hydrogen-bond donors (Lipinski definition) is 2. The summed E-state index contributed by atoms with van der Waals surface area (Å²) in [5, 5.41) is 1.25. The van der Waals surface area contributed by atoms with Crippen LogP contribution >= 0.6 is 0 Å². The van der Waals surface area contributed by atoms with E-state index in [-0.39, 0.29) is 10.6 Å². The number of sulfonamides is 1.